The Balaban J connectivity index is 1.91. The molecule has 0 aliphatic carbocycles. The molecule has 1 aromatic rings. The summed E-state index contributed by atoms with van der Waals surface area (Å²) in [6.45, 7) is 0.559. The predicted octanol–water partition coefficient (Wildman–Crippen LogP) is 1.48. The van der Waals surface area contributed by atoms with Gasteiger partial charge in [0.2, 0.25) is 0 Å². The van der Waals surface area contributed by atoms with Crippen molar-refractivity contribution in [2.45, 2.75) is 6.04 Å². The minimum atomic E-state index is -0.517. The quantitative estimate of drug-likeness (QED) is 0.468. The van der Waals surface area contributed by atoms with Gasteiger partial charge in [0.15, 0.2) is 0 Å². The van der Waals surface area contributed by atoms with Crippen molar-refractivity contribution in [1.82, 2.24) is 4.90 Å². The highest BCUT2D eigenvalue weighted by atomic mass is 32.2. The lowest BCUT2D eigenvalue weighted by Gasteiger charge is -2.25. The molecule has 1 unspecified atom stereocenters. The molecule has 0 saturated carbocycles. The molecule has 3 rings (SSSR count). The first kappa shape index (κ1) is 12.9. The summed E-state index contributed by atoms with van der Waals surface area (Å²) in [6, 6.07) is 4.70. The van der Waals surface area contributed by atoms with Gasteiger partial charge in [-0.1, -0.05) is 0 Å². The van der Waals surface area contributed by atoms with Gasteiger partial charge in [0.25, 0.3) is 11.6 Å². The predicted molar refractivity (Wildman–Crippen MR) is 73.8 cm³/mol. The first-order chi connectivity index (χ1) is 9.59. The number of imide groups is 1. The number of nitro benzene ring substituents is 1. The highest BCUT2D eigenvalue weighted by Gasteiger charge is 2.46. The smallest absolute Gasteiger partial charge is 0.310 e. The molecule has 8 heteroatoms. The molecule has 2 heterocycles. The molecule has 0 N–H and O–H groups in total. The summed E-state index contributed by atoms with van der Waals surface area (Å²) in [5.74, 6) is 1.17. The van der Waals surface area contributed by atoms with E-state index in [2.05, 4.69) is 0 Å². The second kappa shape index (κ2) is 4.78. The summed E-state index contributed by atoms with van der Waals surface area (Å²) >= 11 is 1.65. The van der Waals surface area contributed by atoms with Gasteiger partial charge in [-0.2, -0.15) is 11.8 Å². The largest absolute Gasteiger partial charge is 0.332 e. The Morgan fingerprint density at radius 3 is 2.55 bits per heavy atom. The maximum atomic E-state index is 12.3. The van der Waals surface area contributed by atoms with Crippen molar-refractivity contribution in [3.05, 3.63) is 34.4 Å². The lowest BCUT2D eigenvalue weighted by molar-refractivity contribution is -0.384. The number of hydrogen-bond donors (Lipinski definition) is 0. The number of rotatable bonds is 2. The molecule has 0 spiro atoms. The maximum Gasteiger partial charge on any atom is 0.332 e. The Hall–Kier alpha value is -2.09. The normalized spacial score (nSPS) is 22.1. The molecule has 2 saturated heterocycles. The van der Waals surface area contributed by atoms with Gasteiger partial charge >= 0.3 is 6.03 Å². The summed E-state index contributed by atoms with van der Waals surface area (Å²) in [7, 11) is 0. The van der Waals surface area contributed by atoms with Crippen molar-refractivity contribution in [1.29, 1.82) is 0 Å². The Kier molecular flexibility index (Phi) is 3.09. The van der Waals surface area contributed by atoms with Crippen molar-refractivity contribution in [3.63, 3.8) is 0 Å². The van der Waals surface area contributed by atoms with E-state index in [1.165, 1.54) is 24.3 Å². The van der Waals surface area contributed by atoms with Crippen LogP contribution in [0.2, 0.25) is 0 Å². The second-order valence-corrected chi connectivity index (χ2v) is 5.66. The van der Waals surface area contributed by atoms with Crippen molar-refractivity contribution < 1.29 is 14.5 Å². The molecule has 2 fully saturated rings. The van der Waals surface area contributed by atoms with Gasteiger partial charge in [0.1, 0.15) is 6.04 Å². The van der Waals surface area contributed by atoms with Crippen LogP contribution in [0, 0.1) is 10.1 Å². The Bertz CT molecular complexity index is 565. The standard InChI is InChI=1S/C12H11N3O4S/c16-11-10-7-20-6-5-13(10)12(17)14(11)8-1-3-9(4-2-8)15(18)19/h1-4,10H,5-7H2. The lowest BCUT2D eigenvalue weighted by atomic mass is 10.2. The van der Waals surface area contributed by atoms with Crippen molar-refractivity contribution in [3.8, 4) is 0 Å². The third kappa shape index (κ3) is 1.92. The first-order valence-electron chi connectivity index (χ1n) is 6.06. The van der Waals surface area contributed by atoms with Crippen LogP contribution in [0.1, 0.15) is 0 Å². The summed E-state index contributed by atoms with van der Waals surface area (Å²) in [5, 5.41) is 10.6. The van der Waals surface area contributed by atoms with Gasteiger partial charge in [-0.3, -0.25) is 14.9 Å². The molecule has 0 radical (unpaired) electrons. The molecular weight excluding hydrogens is 282 g/mol. The fraction of sp³-hybridized carbons (Fsp3) is 0.333. The van der Waals surface area contributed by atoms with E-state index in [-0.39, 0.29) is 17.6 Å². The molecule has 104 valence electrons. The van der Waals surface area contributed by atoms with Gasteiger partial charge in [0.05, 0.1) is 10.6 Å². The highest BCUT2D eigenvalue weighted by molar-refractivity contribution is 7.99. The Morgan fingerprint density at radius 1 is 1.25 bits per heavy atom. The van der Waals surface area contributed by atoms with Crippen LogP contribution < -0.4 is 4.90 Å². The maximum absolute atomic E-state index is 12.3. The second-order valence-electron chi connectivity index (χ2n) is 4.51. The summed E-state index contributed by atoms with van der Waals surface area (Å²) in [5.41, 5.74) is 0.311. The third-order valence-electron chi connectivity index (χ3n) is 3.39. The first-order valence-corrected chi connectivity index (χ1v) is 7.22. The van der Waals surface area contributed by atoms with E-state index in [1.54, 1.807) is 16.7 Å². The van der Waals surface area contributed by atoms with E-state index in [0.29, 0.717) is 18.0 Å². The number of carbonyl (C=O) groups excluding carboxylic acids is 2. The molecule has 20 heavy (non-hydrogen) atoms. The fourth-order valence-electron chi connectivity index (χ4n) is 2.37. The van der Waals surface area contributed by atoms with Gasteiger partial charge < -0.3 is 4.90 Å². The highest BCUT2D eigenvalue weighted by Crippen LogP contribution is 2.30. The van der Waals surface area contributed by atoms with Crippen LogP contribution >= 0.6 is 11.8 Å². The molecular formula is C12H11N3O4S. The van der Waals surface area contributed by atoms with Crippen LogP contribution in [0.4, 0.5) is 16.2 Å². The van der Waals surface area contributed by atoms with E-state index >= 15 is 0 Å². The van der Waals surface area contributed by atoms with E-state index < -0.39 is 11.0 Å². The Morgan fingerprint density at radius 2 is 1.95 bits per heavy atom. The van der Waals surface area contributed by atoms with Crippen molar-refractivity contribution in [2.75, 3.05) is 23.0 Å². The number of non-ortho nitro benzene ring substituents is 1. The Labute approximate surface area is 118 Å². The van der Waals surface area contributed by atoms with Gasteiger partial charge in [-0.05, 0) is 12.1 Å². The average Bonchev–Trinajstić information content (AvgIpc) is 2.72. The van der Waals surface area contributed by atoms with Gasteiger partial charge in [0, 0.05) is 30.2 Å². The van der Waals surface area contributed by atoms with Crippen LogP contribution in [0.3, 0.4) is 0 Å². The van der Waals surface area contributed by atoms with Crippen LogP contribution in [0.25, 0.3) is 0 Å². The number of anilines is 1. The van der Waals surface area contributed by atoms with E-state index in [4.69, 9.17) is 0 Å². The average molecular weight is 293 g/mol. The number of hydrogen-bond acceptors (Lipinski definition) is 5. The molecule has 7 nitrogen and oxygen atoms in total. The van der Waals surface area contributed by atoms with Crippen LogP contribution in [-0.4, -0.2) is 45.9 Å². The molecule has 3 amide bonds. The number of benzene rings is 1. The molecule has 0 bridgehead atoms. The van der Waals surface area contributed by atoms with Gasteiger partial charge in [-0.15, -0.1) is 0 Å². The third-order valence-corrected chi connectivity index (χ3v) is 4.41. The zero-order valence-corrected chi connectivity index (χ0v) is 11.2. The van der Waals surface area contributed by atoms with Crippen LogP contribution in [0.5, 0.6) is 0 Å². The van der Waals surface area contributed by atoms with Gasteiger partial charge in [-0.25, -0.2) is 9.69 Å². The number of carbonyl (C=O) groups is 2. The van der Waals surface area contributed by atoms with E-state index in [1.807, 2.05) is 0 Å². The number of amides is 3. The zero-order chi connectivity index (χ0) is 14.3. The van der Waals surface area contributed by atoms with Crippen molar-refractivity contribution >= 4 is 35.1 Å². The molecule has 0 aromatic heterocycles. The number of thioether (sulfide) groups is 1. The zero-order valence-electron chi connectivity index (χ0n) is 10.4. The fourth-order valence-corrected chi connectivity index (χ4v) is 3.41. The molecule has 1 aromatic carbocycles. The van der Waals surface area contributed by atoms with E-state index in [0.717, 1.165) is 10.7 Å². The van der Waals surface area contributed by atoms with Crippen LogP contribution in [-0.2, 0) is 4.79 Å². The number of urea groups is 1. The number of nitro groups is 1. The molecule has 2 aliphatic rings. The molecule has 2 aliphatic heterocycles. The number of fused-ring (bicyclic) bond motifs is 1. The van der Waals surface area contributed by atoms with Crippen LogP contribution in [0.15, 0.2) is 24.3 Å². The molecule has 1 atom stereocenters. The summed E-state index contributed by atoms with van der Waals surface area (Å²) in [4.78, 5) is 37.3. The monoisotopic (exact) mass is 293 g/mol. The summed E-state index contributed by atoms with van der Waals surface area (Å²) in [6.07, 6.45) is 0. The number of nitrogens with zero attached hydrogens (tertiary/aromatic N) is 3. The van der Waals surface area contributed by atoms with Crippen molar-refractivity contribution in [2.24, 2.45) is 0 Å². The van der Waals surface area contributed by atoms with E-state index in [9.17, 15) is 19.7 Å². The summed E-state index contributed by atoms with van der Waals surface area (Å²) < 4.78 is 0. The lowest BCUT2D eigenvalue weighted by Crippen LogP contribution is -2.41. The SMILES string of the molecule is O=C1C2CSCCN2C(=O)N1c1ccc([N+](=O)[O-])cc1. The topological polar surface area (TPSA) is 83.8 Å². The minimum absolute atomic E-state index is 0.0684. The minimum Gasteiger partial charge on any atom is -0.310 e.